The minimum atomic E-state index is -0.495. The van der Waals surface area contributed by atoms with Crippen molar-refractivity contribution in [2.75, 3.05) is 10.6 Å². The summed E-state index contributed by atoms with van der Waals surface area (Å²) in [6.45, 7) is 1.84. The summed E-state index contributed by atoms with van der Waals surface area (Å²) in [5.74, 6) is -0.270. The minimum absolute atomic E-state index is 0.0904. The van der Waals surface area contributed by atoms with E-state index in [0.29, 0.717) is 17.2 Å². The molecule has 2 amide bonds. The van der Waals surface area contributed by atoms with Gasteiger partial charge in [0.25, 0.3) is 0 Å². The van der Waals surface area contributed by atoms with Crippen molar-refractivity contribution in [3.05, 3.63) is 101 Å². The molecule has 1 atom stereocenters. The van der Waals surface area contributed by atoms with Crippen LogP contribution in [0.25, 0.3) is 0 Å². The fourth-order valence-electron chi connectivity index (χ4n) is 3.19. The molecule has 33 heavy (non-hydrogen) atoms. The quantitative estimate of drug-likeness (QED) is 0.330. The number of thioether (sulfide) groups is 1. The van der Waals surface area contributed by atoms with Crippen LogP contribution < -0.4 is 10.6 Å². The number of anilines is 2. The Morgan fingerprint density at radius 1 is 0.909 bits per heavy atom. The zero-order valence-electron chi connectivity index (χ0n) is 17.9. The number of nitrogens with zero attached hydrogens (tertiary/aromatic N) is 2. The fraction of sp³-hybridized carbons (Fsp3) is 0.120. The molecule has 0 aliphatic heterocycles. The summed E-state index contributed by atoms with van der Waals surface area (Å²) in [6, 6.07) is 26.7. The Balaban J connectivity index is 1.49. The number of nitrogens with one attached hydrogen (secondary N) is 2. The Morgan fingerprint density at radius 3 is 2.33 bits per heavy atom. The van der Waals surface area contributed by atoms with Crippen LogP contribution in [0.4, 0.5) is 10.8 Å². The maximum atomic E-state index is 13.1. The largest absolute Gasteiger partial charge is 0.326 e. The third kappa shape index (κ3) is 6.50. The first-order valence-electron chi connectivity index (χ1n) is 10.3. The Hall–Kier alpha value is -3.49. The fourth-order valence-corrected chi connectivity index (χ4v) is 4.87. The van der Waals surface area contributed by atoms with E-state index in [1.807, 2.05) is 91.9 Å². The van der Waals surface area contributed by atoms with Crippen molar-refractivity contribution in [2.24, 2.45) is 0 Å². The lowest BCUT2D eigenvalue weighted by Crippen LogP contribution is -2.19. The maximum absolute atomic E-state index is 13.1. The van der Waals surface area contributed by atoms with Crippen LogP contribution in [0.3, 0.4) is 0 Å². The third-order valence-electron chi connectivity index (χ3n) is 4.68. The van der Waals surface area contributed by atoms with E-state index in [9.17, 15) is 9.59 Å². The van der Waals surface area contributed by atoms with Crippen molar-refractivity contribution >= 4 is 45.7 Å². The van der Waals surface area contributed by atoms with E-state index in [1.165, 1.54) is 23.1 Å². The molecule has 3 aromatic carbocycles. The molecule has 0 fully saturated rings. The van der Waals surface area contributed by atoms with Gasteiger partial charge < -0.3 is 5.32 Å². The summed E-state index contributed by atoms with van der Waals surface area (Å²) in [5.41, 5.74) is 2.51. The van der Waals surface area contributed by atoms with Gasteiger partial charge in [0, 0.05) is 10.6 Å². The Kier molecular flexibility index (Phi) is 7.49. The number of hydrogen-bond donors (Lipinski definition) is 2. The lowest BCUT2D eigenvalue weighted by Gasteiger charge is -2.16. The van der Waals surface area contributed by atoms with Gasteiger partial charge in [0.15, 0.2) is 0 Å². The molecule has 0 saturated heterocycles. The number of hydrogen-bond acceptors (Lipinski definition) is 6. The summed E-state index contributed by atoms with van der Waals surface area (Å²) >= 11 is 2.75. The molecule has 0 aliphatic carbocycles. The lowest BCUT2D eigenvalue weighted by molar-refractivity contribution is -0.116. The monoisotopic (exact) mass is 474 g/mol. The molecule has 0 spiro atoms. The topological polar surface area (TPSA) is 84.0 Å². The van der Waals surface area contributed by atoms with Gasteiger partial charge in [-0.3, -0.25) is 14.9 Å². The highest BCUT2D eigenvalue weighted by Crippen LogP contribution is 2.37. The first kappa shape index (κ1) is 22.7. The molecule has 2 N–H and O–H groups in total. The van der Waals surface area contributed by atoms with Crippen LogP contribution in [0.2, 0.25) is 0 Å². The summed E-state index contributed by atoms with van der Waals surface area (Å²) in [5, 5.41) is 14.5. The first-order chi connectivity index (χ1) is 16.1. The molecule has 1 aromatic heterocycles. The van der Waals surface area contributed by atoms with Gasteiger partial charge in [-0.25, -0.2) is 0 Å². The summed E-state index contributed by atoms with van der Waals surface area (Å²) < 4.78 is 0. The third-order valence-corrected chi connectivity index (χ3v) is 6.68. The van der Waals surface area contributed by atoms with Crippen LogP contribution in [0, 0.1) is 6.92 Å². The smallest absolute Gasteiger partial charge is 0.244 e. The number of aryl methyl sites for hydroxylation is 1. The van der Waals surface area contributed by atoms with E-state index in [0.717, 1.165) is 21.0 Å². The molecule has 0 aliphatic rings. The number of rotatable bonds is 8. The molecular formula is C25H22N4O2S2. The predicted octanol–water partition coefficient (Wildman–Crippen LogP) is 5.50. The van der Waals surface area contributed by atoms with E-state index in [1.54, 1.807) is 0 Å². The van der Waals surface area contributed by atoms with Crippen molar-refractivity contribution in [3.8, 4) is 0 Å². The number of carbonyl (C=O) groups excluding carboxylic acids is 2. The van der Waals surface area contributed by atoms with Gasteiger partial charge in [-0.15, -0.1) is 22.0 Å². The Bertz CT molecular complexity index is 1230. The Labute approximate surface area is 200 Å². The van der Waals surface area contributed by atoms with Crippen LogP contribution in [0.15, 0.2) is 89.8 Å². The highest BCUT2D eigenvalue weighted by molar-refractivity contribution is 8.00. The highest BCUT2D eigenvalue weighted by atomic mass is 32.2. The van der Waals surface area contributed by atoms with E-state index >= 15 is 0 Å². The zero-order chi connectivity index (χ0) is 23.0. The van der Waals surface area contributed by atoms with Crippen LogP contribution in [-0.2, 0) is 16.0 Å². The average Bonchev–Trinajstić information content (AvgIpc) is 3.23. The molecule has 166 valence electrons. The lowest BCUT2D eigenvalue weighted by atomic mass is 10.1. The molecule has 1 unspecified atom stereocenters. The zero-order valence-corrected chi connectivity index (χ0v) is 19.5. The summed E-state index contributed by atoms with van der Waals surface area (Å²) in [4.78, 5) is 26.5. The standard InChI is InChI=1S/C25H22N4O2S2/c1-17-28-29-25(32-17)27-24(31)23(19-11-6-3-7-12-19)33-21-14-8-13-20(16-21)26-22(30)15-18-9-4-2-5-10-18/h2-14,16,23H,15H2,1H3,(H,26,30)(H,27,29,31). The van der Waals surface area contributed by atoms with Gasteiger partial charge in [0.2, 0.25) is 16.9 Å². The normalized spacial score (nSPS) is 11.5. The van der Waals surface area contributed by atoms with Crippen LogP contribution in [-0.4, -0.2) is 22.0 Å². The molecule has 0 saturated carbocycles. The molecule has 0 bridgehead atoms. The number of carbonyl (C=O) groups is 2. The molecule has 6 nitrogen and oxygen atoms in total. The molecular weight excluding hydrogens is 452 g/mol. The predicted molar refractivity (Wildman–Crippen MR) is 134 cm³/mol. The van der Waals surface area contributed by atoms with Gasteiger partial charge in [-0.05, 0) is 36.2 Å². The van der Waals surface area contributed by atoms with Gasteiger partial charge in [-0.2, -0.15) is 0 Å². The van der Waals surface area contributed by atoms with Crippen molar-refractivity contribution in [3.63, 3.8) is 0 Å². The van der Waals surface area contributed by atoms with Crippen LogP contribution >= 0.6 is 23.1 Å². The van der Waals surface area contributed by atoms with Crippen LogP contribution in [0.1, 0.15) is 21.4 Å². The summed E-state index contributed by atoms with van der Waals surface area (Å²) in [6.07, 6.45) is 0.300. The maximum Gasteiger partial charge on any atom is 0.244 e. The molecule has 4 aromatic rings. The second-order valence-corrected chi connectivity index (χ2v) is 9.62. The van der Waals surface area contributed by atoms with E-state index in [4.69, 9.17) is 0 Å². The Morgan fingerprint density at radius 2 is 1.64 bits per heavy atom. The van der Waals surface area contributed by atoms with E-state index in [2.05, 4.69) is 20.8 Å². The van der Waals surface area contributed by atoms with E-state index < -0.39 is 5.25 Å². The van der Waals surface area contributed by atoms with Crippen molar-refractivity contribution < 1.29 is 9.59 Å². The van der Waals surface area contributed by atoms with Gasteiger partial charge in [0.1, 0.15) is 10.3 Å². The second kappa shape index (κ2) is 10.9. The van der Waals surface area contributed by atoms with Gasteiger partial charge in [0.05, 0.1) is 6.42 Å². The number of amides is 2. The summed E-state index contributed by atoms with van der Waals surface area (Å²) in [7, 11) is 0. The van der Waals surface area contributed by atoms with Gasteiger partial charge >= 0.3 is 0 Å². The highest BCUT2D eigenvalue weighted by Gasteiger charge is 2.23. The van der Waals surface area contributed by atoms with Crippen molar-refractivity contribution in [1.82, 2.24) is 10.2 Å². The molecule has 4 rings (SSSR count). The molecule has 0 radical (unpaired) electrons. The molecule has 1 heterocycles. The SMILES string of the molecule is Cc1nnc(NC(=O)C(Sc2cccc(NC(=O)Cc3ccccc3)c2)c2ccccc2)s1. The van der Waals surface area contributed by atoms with Gasteiger partial charge in [-0.1, -0.05) is 78.1 Å². The van der Waals surface area contributed by atoms with Crippen molar-refractivity contribution in [2.45, 2.75) is 23.5 Å². The van der Waals surface area contributed by atoms with Crippen molar-refractivity contribution in [1.29, 1.82) is 0 Å². The first-order valence-corrected chi connectivity index (χ1v) is 12.0. The number of benzene rings is 3. The number of aromatic nitrogens is 2. The average molecular weight is 475 g/mol. The minimum Gasteiger partial charge on any atom is -0.326 e. The van der Waals surface area contributed by atoms with Crippen LogP contribution in [0.5, 0.6) is 0 Å². The second-order valence-electron chi connectivity index (χ2n) is 7.26. The van der Waals surface area contributed by atoms with E-state index in [-0.39, 0.29) is 11.8 Å². The molecule has 8 heteroatoms.